The van der Waals surface area contributed by atoms with Gasteiger partial charge in [-0.25, -0.2) is 27.2 Å². The van der Waals surface area contributed by atoms with Gasteiger partial charge in [0.25, 0.3) is 0 Å². The lowest BCUT2D eigenvalue weighted by Crippen LogP contribution is -2.19. The van der Waals surface area contributed by atoms with Crippen LogP contribution in [-0.2, 0) is 21.1 Å². The van der Waals surface area contributed by atoms with Crippen molar-refractivity contribution >= 4 is 33.1 Å². The molecule has 0 radical (unpaired) electrons. The van der Waals surface area contributed by atoms with E-state index in [4.69, 9.17) is 0 Å². The van der Waals surface area contributed by atoms with Crippen LogP contribution >= 0.6 is 0 Å². The van der Waals surface area contributed by atoms with E-state index in [0.717, 1.165) is 29.7 Å². The first-order valence-electron chi connectivity index (χ1n) is 13.0. The molecule has 1 aromatic carbocycles. The van der Waals surface area contributed by atoms with Gasteiger partial charge in [-0.1, -0.05) is 0 Å². The molecule has 0 saturated heterocycles. The van der Waals surface area contributed by atoms with E-state index < -0.39 is 45.0 Å². The number of sulfone groups is 1. The standard InChI is InChI=1S/C26H27F5N8O3S/c1-13-9-20(37-36-13)33-24-21(15-5-6-15)22(19-12-39(14(2)32-19)7-8-42-26(29,30)31)34-25(35-24)38(3)23-17(27)10-16(11-18(23)28)43(4,40)41/h9-12,15H,5-8H2,1-4H3,(H2,33,34,35,36,37). The number of aryl methyl sites for hydroxylation is 2. The van der Waals surface area contributed by atoms with Gasteiger partial charge in [0.05, 0.1) is 11.5 Å². The minimum Gasteiger partial charge on any atom is -0.332 e. The first-order chi connectivity index (χ1) is 20.1. The fraction of sp³-hybridized carbons (Fsp3) is 0.385. The van der Waals surface area contributed by atoms with E-state index in [2.05, 4.69) is 35.2 Å². The Bertz CT molecular complexity index is 1760. The number of halogens is 5. The molecular formula is C26H27F5N8O3S. The fourth-order valence-corrected chi connectivity index (χ4v) is 5.18. The Morgan fingerprint density at radius 2 is 1.79 bits per heavy atom. The zero-order chi connectivity index (χ0) is 31.3. The third-order valence-electron chi connectivity index (χ3n) is 6.74. The number of anilines is 4. The molecule has 0 atom stereocenters. The van der Waals surface area contributed by atoms with Crippen LogP contribution in [0.3, 0.4) is 0 Å². The van der Waals surface area contributed by atoms with Crippen LogP contribution in [0.15, 0.2) is 29.3 Å². The van der Waals surface area contributed by atoms with Gasteiger partial charge in [0.15, 0.2) is 27.3 Å². The van der Waals surface area contributed by atoms with Crippen molar-refractivity contribution in [2.24, 2.45) is 0 Å². The summed E-state index contributed by atoms with van der Waals surface area (Å²) in [6.07, 6.45) is -0.818. The van der Waals surface area contributed by atoms with Crippen molar-refractivity contribution in [2.45, 2.75) is 50.4 Å². The van der Waals surface area contributed by atoms with Gasteiger partial charge < -0.3 is 14.8 Å². The number of imidazole rings is 1. The summed E-state index contributed by atoms with van der Waals surface area (Å²) in [5.41, 5.74) is 1.43. The van der Waals surface area contributed by atoms with Crippen LogP contribution in [0.2, 0.25) is 0 Å². The van der Waals surface area contributed by atoms with Crippen molar-refractivity contribution in [3.05, 3.63) is 53.1 Å². The smallest absolute Gasteiger partial charge is 0.332 e. The Balaban J connectivity index is 1.63. The molecule has 230 valence electrons. The molecule has 1 aliphatic rings. The Kier molecular flexibility index (Phi) is 7.89. The number of ether oxygens (including phenoxy) is 1. The quantitative estimate of drug-likeness (QED) is 0.226. The summed E-state index contributed by atoms with van der Waals surface area (Å²) in [7, 11) is -2.58. The SMILES string of the molecule is Cc1cc(Nc2nc(N(C)c3c(F)cc(S(C)(=O)=O)cc3F)nc(-c3cn(CCOC(F)(F)F)c(C)n3)c2C2CC2)n[nH]1. The van der Waals surface area contributed by atoms with Gasteiger partial charge in [-0.2, -0.15) is 10.1 Å². The summed E-state index contributed by atoms with van der Waals surface area (Å²) < 4.78 is 97.2. The second kappa shape index (κ2) is 11.2. The second-order valence-corrected chi connectivity index (χ2v) is 12.2. The summed E-state index contributed by atoms with van der Waals surface area (Å²) in [4.78, 5) is 14.2. The molecule has 0 unspecified atom stereocenters. The minimum atomic E-state index is -4.78. The number of hydrogen-bond donors (Lipinski definition) is 2. The summed E-state index contributed by atoms with van der Waals surface area (Å²) in [5, 5.41) is 10.1. The van der Waals surface area contributed by atoms with Crippen molar-refractivity contribution < 1.29 is 35.1 Å². The average Bonchev–Trinajstić information content (AvgIpc) is 3.55. The highest BCUT2D eigenvalue weighted by molar-refractivity contribution is 7.90. The summed E-state index contributed by atoms with van der Waals surface area (Å²) in [6, 6.07) is 3.15. The molecule has 0 aliphatic heterocycles. The number of H-pyrrole nitrogens is 1. The Hall–Kier alpha value is -4.12. The third kappa shape index (κ3) is 6.77. The number of rotatable bonds is 10. The van der Waals surface area contributed by atoms with Gasteiger partial charge in [-0.05, 0) is 44.7 Å². The van der Waals surface area contributed by atoms with Crippen molar-refractivity contribution in [3.63, 3.8) is 0 Å². The Morgan fingerprint density at radius 3 is 2.35 bits per heavy atom. The van der Waals surface area contributed by atoms with Gasteiger partial charge in [-0.3, -0.25) is 9.84 Å². The molecular weight excluding hydrogens is 599 g/mol. The third-order valence-corrected chi connectivity index (χ3v) is 7.83. The van der Waals surface area contributed by atoms with Crippen LogP contribution in [0.4, 0.5) is 45.2 Å². The maximum absolute atomic E-state index is 15.2. The molecule has 0 bridgehead atoms. The molecule has 43 heavy (non-hydrogen) atoms. The summed E-state index contributed by atoms with van der Waals surface area (Å²) in [6.45, 7) is 2.63. The number of alkyl halides is 3. The number of aromatic nitrogens is 6. The lowest BCUT2D eigenvalue weighted by Gasteiger charge is -2.22. The molecule has 5 rings (SSSR count). The van der Waals surface area contributed by atoms with Crippen LogP contribution in [0, 0.1) is 25.5 Å². The normalized spacial score (nSPS) is 13.9. The number of nitrogens with one attached hydrogen (secondary N) is 2. The number of nitrogens with zero attached hydrogens (tertiary/aromatic N) is 6. The van der Waals surface area contributed by atoms with Crippen molar-refractivity contribution in [3.8, 4) is 11.4 Å². The largest absolute Gasteiger partial charge is 0.522 e. The van der Waals surface area contributed by atoms with Crippen molar-refractivity contribution in [1.29, 1.82) is 0 Å². The van der Waals surface area contributed by atoms with Crippen molar-refractivity contribution in [2.75, 3.05) is 30.1 Å². The highest BCUT2D eigenvalue weighted by atomic mass is 32.2. The van der Waals surface area contributed by atoms with Crippen LogP contribution in [0.1, 0.15) is 35.8 Å². The number of hydrogen-bond acceptors (Lipinski definition) is 9. The lowest BCUT2D eigenvalue weighted by molar-refractivity contribution is -0.325. The second-order valence-electron chi connectivity index (χ2n) is 10.2. The van der Waals surface area contributed by atoms with E-state index in [1.165, 1.54) is 17.8 Å². The molecule has 17 heteroatoms. The molecule has 4 aromatic rings. The highest BCUT2D eigenvalue weighted by Crippen LogP contribution is 2.48. The van der Waals surface area contributed by atoms with Gasteiger partial charge in [0, 0.05) is 43.4 Å². The van der Waals surface area contributed by atoms with Crippen LogP contribution in [0.25, 0.3) is 11.4 Å². The van der Waals surface area contributed by atoms with E-state index in [0.29, 0.717) is 46.5 Å². The van der Waals surface area contributed by atoms with E-state index in [1.807, 2.05) is 0 Å². The first kappa shape index (κ1) is 30.3. The molecule has 0 amide bonds. The summed E-state index contributed by atoms with van der Waals surface area (Å²) in [5.74, 6) is -1.35. The Morgan fingerprint density at radius 1 is 1.12 bits per heavy atom. The van der Waals surface area contributed by atoms with Crippen molar-refractivity contribution in [1.82, 2.24) is 29.7 Å². The van der Waals surface area contributed by atoms with Crippen LogP contribution < -0.4 is 10.2 Å². The minimum absolute atomic E-state index is 0.0124. The number of benzene rings is 1. The zero-order valence-corrected chi connectivity index (χ0v) is 24.2. The predicted octanol–water partition coefficient (Wildman–Crippen LogP) is 5.29. The monoisotopic (exact) mass is 626 g/mol. The molecule has 0 spiro atoms. The molecule has 3 heterocycles. The van der Waals surface area contributed by atoms with E-state index in [-0.39, 0.29) is 18.4 Å². The van der Waals surface area contributed by atoms with E-state index in [9.17, 15) is 21.6 Å². The van der Waals surface area contributed by atoms with E-state index in [1.54, 1.807) is 19.9 Å². The molecule has 11 nitrogen and oxygen atoms in total. The van der Waals surface area contributed by atoms with E-state index >= 15 is 8.78 Å². The van der Waals surface area contributed by atoms with Gasteiger partial charge in [-0.15, -0.1) is 13.2 Å². The molecule has 3 aromatic heterocycles. The zero-order valence-electron chi connectivity index (χ0n) is 23.4. The molecule has 1 saturated carbocycles. The summed E-state index contributed by atoms with van der Waals surface area (Å²) >= 11 is 0. The Labute approximate surface area is 243 Å². The molecule has 1 aliphatic carbocycles. The van der Waals surface area contributed by atoms with Gasteiger partial charge >= 0.3 is 6.36 Å². The topological polar surface area (TPSA) is 131 Å². The number of aromatic amines is 1. The maximum atomic E-state index is 15.2. The van der Waals surface area contributed by atoms with Crippen LogP contribution in [0.5, 0.6) is 0 Å². The first-order valence-corrected chi connectivity index (χ1v) is 14.9. The molecule has 1 fully saturated rings. The van der Waals surface area contributed by atoms with Gasteiger partial charge in [0.2, 0.25) is 5.95 Å². The maximum Gasteiger partial charge on any atom is 0.522 e. The van der Waals surface area contributed by atoms with Crippen LogP contribution in [-0.4, -0.2) is 64.4 Å². The molecule has 2 N–H and O–H groups in total. The highest BCUT2D eigenvalue weighted by Gasteiger charge is 2.34. The fourth-order valence-electron chi connectivity index (χ4n) is 4.55. The average molecular weight is 627 g/mol. The predicted molar refractivity (Wildman–Crippen MR) is 146 cm³/mol. The van der Waals surface area contributed by atoms with Gasteiger partial charge in [0.1, 0.15) is 28.7 Å². The lowest BCUT2D eigenvalue weighted by atomic mass is 10.1.